The second kappa shape index (κ2) is 8.17. The van der Waals surface area contributed by atoms with Crippen LogP contribution in [0.5, 0.6) is 5.75 Å². The summed E-state index contributed by atoms with van der Waals surface area (Å²) in [5, 5.41) is 6.02. The molecule has 0 radical (unpaired) electrons. The van der Waals surface area contributed by atoms with Crippen molar-refractivity contribution in [3.8, 4) is 5.75 Å². The van der Waals surface area contributed by atoms with Gasteiger partial charge in [-0.05, 0) is 56.7 Å². The second-order valence-corrected chi connectivity index (χ2v) is 5.55. The molecule has 5 heteroatoms. The molecular weight excluding hydrogens is 290 g/mol. The highest BCUT2D eigenvalue weighted by atomic mass is 16.5. The summed E-state index contributed by atoms with van der Waals surface area (Å²) in [4.78, 5) is 15.8. The number of ether oxygens (including phenoxy) is 1. The zero-order valence-electron chi connectivity index (χ0n) is 13.8. The van der Waals surface area contributed by atoms with Gasteiger partial charge in [-0.2, -0.15) is 0 Å². The average molecular weight is 313 g/mol. The van der Waals surface area contributed by atoms with Crippen LogP contribution in [0.25, 0.3) is 0 Å². The minimum Gasteiger partial charge on any atom is -0.491 e. The molecule has 0 saturated heterocycles. The summed E-state index contributed by atoms with van der Waals surface area (Å²) in [6, 6.07) is 11.4. The molecule has 23 heavy (non-hydrogen) atoms. The molecule has 122 valence electrons. The van der Waals surface area contributed by atoms with E-state index in [1.165, 1.54) is 0 Å². The number of anilines is 3. The number of nitrogens with one attached hydrogen (secondary N) is 2. The highest BCUT2D eigenvalue weighted by Crippen LogP contribution is 2.20. The maximum absolute atomic E-state index is 11.5. The molecule has 0 atom stereocenters. The summed E-state index contributed by atoms with van der Waals surface area (Å²) in [6.45, 7) is 5.97. The van der Waals surface area contributed by atoms with Crippen LogP contribution >= 0.6 is 0 Å². The van der Waals surface area contributed by atoms with Crippen LogP contribution in [0.2, 0.25) is 0 Å². The Kier molecular flexibility index (Phi) is 5.97. The molecule has 0 unspecified atom stereocenters. The molecule has 1 amide bonds. The van der Waals surface area contributed by atoms with Crippen molar-refractivity contribution >= 4 is 23.1 Å². The van der Waals surface area contributed by atoms with Gasteiger partial charge < -0.3 is 15.4 Å². The third kappa shape index (κ3) is 5.62. The van der Waals surface area contributed by atoms with Crippen molar-refractivity contribution in [2.45, 2.75) is 39.7 Å². The first-order valence-corrected chi connectivity index (χ1v) is 7.86. The fourth-order valence-electron chi connectivity index (χ4n) is 2.03. The van der Waals surface area contributed by atoms with Crippen LogP contribution in [0.3, 0.4) is 0 Å². The number of hydrogen-bond acceptors (Lipinski definition) is 4. The second-order valence-electron chi connectivity index (χ2n) is 5.55. The maximum atomic E-state index is 11.5. The van der Waals surface area contributed by atoms with Crippen molar-refractivity contribution in [3.05, 3.63) is 42.6 Å². The van der Waals surface area contributed by atoms with Gasteiger partial charge in [0, 0.05) is 12.1 Å². The highest BCUT2D eigenvalue weighted by molar-refractivity contribution is 5.90. The van der Waals surface area contributed by atoms with Gasteiger partial charge in [0.15, 0.2) is 0 Å². The van der Waals surface area contributed by atoms with Gasteiger partial charge in [0.2, 0.25) is 5.91 Å². The van der Waals surface area contributed by atoms with Crippen molar-refractivity contribution < 1.29 is 9.53 Å². The van der Waals surface area contributed by atoms with Crippen LogP contribution in [-0.4, -0.2) is 17.0 Å². The standard InChI is InChI=1S/C18H23N3O2/c1-4-5-18(22)21-15-8-11-17(19-12-15)20-14-6-9-16(10-7-14)23-13(2)3/h6-13H,4-5H2,1-3H3,(H,19,20)(H,21,22). The monoisotopic (exact) mass is 313 g/mol. The third-order valence-corrected chi connectivity index (χ3v) is 3.02. The van der Waals surface area contributed by atoms with Gasteiger partial charge in [0.05, 0.1) is 18.0 Å². The van der Waals surface area contributed by atoms with Crippen LogP contribution in [0.4, 0.5) is 17.2 Å². The molecule has 0 bridgehead atoms. The first kappa shape index (κ1) is 16.8. The van der Waals surface area contributed by atoms with Crippen molar-refractivity contribution in [3.63, 3.8) is 0 Å². The fourth-order valence-corrected chi connectivity index (χ4v) is 2.03. The maximum Gasteiger partial charge on any atom is 0.224 e. The van der Waals surface area contributed by atoms with E-state index in [0.717, 1.165) is 23.7 Å². The zero-order valence-corrected chi connectivity index (χ0v) is 13.8. The number of benzene rings is 1. The molecule has 0 saturated carbocycles. The molecule has 1 aromatic heterocycles. The van der Waals surface area contributed by atoms with E-state index in [-0.39, 0.29) is 12.0 Å². The van der Waals surface area contributed by atoms with Gasteiger partial charge in [-0.1, -0.05) is 6.92 Å². The molecule has 0 aliphatic rings. The quantitative estimate of drug-likeness (QED) is 0.797. The van der Waals surface area contributed by atoms with Crippen LogP contribution < -0.4 is 15.4 Å². The smallest absolute Gasteiger partial charge is 0.224 e. The molecule has 5 nitrogen and oxygen atoms in total. The highest BCUT2D eigenvalue weighted by Gasteiger charge is 2.02. The lowest BCUT2D eigenvalue weighted by Gasteiger charge is -2.11. The summed E-state index contributed by atoms with van der Waals surface area (Å²) >= 11 is 0. The van der Waals surface area contributed by atoms with Crippen LogP contribution in [0, 0.1) is 0 Å². The number of pyridine rings is 1. The molecule has 1 aromatic carbocycles. The van der Waals surface area contributed by atoms with Crippen molar-refractivity contribution in [2.24, 2.45) is 0 Å². The lowest BCUT2D eigenvalue weighted by Crippen LogP contribution is -2.10. The summed E-state index contributed by atoms with van der Waals surface area (Å²) < 4.78 is 5.61. The van der Waals surface area contributed by atoms with Gasteiger partial charge in [-0.3, -0.25) is 4.79 Å². The first-order valence-electron chi connectivity index (χ1n) is 7.86. The van der Waals surface area contributed by atoms with Crippen LogP contribution in [0.1, 0.15) is 33.6 Å². The Hall–Kier alpha value is -2.56. The van der Waals surface area contributed by atoms with Gasteiger partial charge in [0.1, 0.15) is 11.6 Å². The molecule has 0 spiro atoms. The number of hydrogen-bond donors (Lipinski definition) is 2. The van der Waals surface area contributed by atoms with Crippen molar-refractivity contribution in [2.75, 3.05) is 10.6 Å². The summed E-state index contributed by atoms with van der Waals surface area (Å²) in [5.41, 5.74) is 1.63. The Morgan fingerprint density at radius 3 is 2.39 bits per heavy atom. The van der Waals surface area contributed by atoms with E-state index in [9.17, 15) is 4.79 Å². The number of carbonyl (C=O) groups is 1. The number of carbonyl (C=O) groups excluding carboxylic acids is 1. The predicted octanol–water partition coefficient (Wildman–Crippen LogP) is 4.35. The van der Waals surface area contributed by atoms with E-state index < -0.39 is 0 Å². The van der Waals surface area contributed by atoms with Gasteiger partial charge in [-0.25, -0.2) is 4.98 Å². The molecule has 0 aliphatic carbocycles. The lowest BCUT2D eigenvalue weighted by atomic mass is 10.3. The Bertz CT molecular complexity index is 622. The summed E-state index contributed by atoms with van der Waals surface area (Å²) in [5.74, 6) is 1.57. The van der Waals surface area contributed by atoms with E-state index in [1.54, 1.807) is 6.20 Å². The van der Waals surface area contributed by atoms with Gasteiger partial charge in [0.25, 0.3) is 0 Å². The van der Waals surface area contributed by atoms with E-state index >= 15 is 0 Å². The SMILES string of the molecule is CCCC(=O)Nc1ccc(Nc2ccc(OC(C)C)cc2)nc1. The Labute approximate surface area is 137 Å². The summed E-state index contributed by atoms with van der Waals surface area (Å²) in [6.07, 6.45) is 3.15. The third-order valence-electron chi connectivity index (χ3n) is 3.02. The molecule has 0 fully saturated rings. The Morgan fingerprint density at radius 2 is 1.83 bits per heavy atom. The van der Waals surface area contributed by atoms with E-state index in [4.69, 9.17) is 4.74 Å². The van der Waals surface area contributed by atoms with Gasteiger partial charge >= 0.3 is 0 Å². The van der Waals surface area contributed by atoms with E-state index in [1.807, 2.05) is 57.2 Å². The summed E-state index contributed by atoms with van der Waals surface area (Å²) in [7, 11) is 0. The molecule has 2 aromatic rings. The Morgan fingerprint density at radius 1 is 1.13 bits per heavy atom. The van der Waals surface area contributed by atoms with E-state index in [0.29, 0.717) is 12.1 Å². The van der Waals surface area contributed by atoms with Crippen molar-refractivity contribution in [1.82, 2.24) is 4.98 Å². The lowest BCUT2D eigenvalue weighted by molar-refractivity contribution is -0.116. The topological polar surface area (TPSA) is 63.2 Å². The van der Waals surface area contributed by atoms with E-state index in [2.05, 4.69) is 15.6 Å². The predicted molar refractivity (Wildman–Crippen MR) is 93.3 cm³/mol. The number of amides is 1. The molecule has 2 rings (SSSR count). The molecule has 1 heterocycles. The fraction of sp³-hybridized carbons (Fsp3) is 0.333. The Balaban J connectivity index is 1.94. The van der Waals surface area contributed by atoms with Crippen LogP contribution in [-0.2, 0) is 4.79 Å². The normalized spacial score (nSPS) is 10.4. The van der Waals surface area contributed by atoms with Gasteiger partial charge in [-0.15, -0.1) is 0 Å². The minimum atomic E-state index is 0.00995. The van der Waals surface area contributed by atoms with Crippen LogP contribution in [0.15, 0.2) is 42.6 Å². The zero-order chi connectivity index (χ0) is 16.7. The largest absolute Gasteiger partial charge is 0.491 e. The molecular formula is C18H23N3O2. The molecule has 2 N–H and O–H groups in total. The number of nitrogens with zero attached hydrogens (tertiary/aromatic N) is 1. The average Bonchev–Trinajstić information content (AvgIpc) is 2.51. The molecule has 0 aliphatic heterocycles. The number of rotatable bonds is 7. The first-order chi connectivity index (χ1) is 11.1. The van der Waals surface area contributed by atoms with Crippen molar-refractivity contribution in [1.29, 1.82) is 0 Å². The number of aromatic nitrogens is 1. The minimum absolute atomic E-state index is 0.00995.